The Labute approximate surface area is 95.4 Å². The van der Waals surface area contributed by atoms with Crippen molar-refractivity contribution in [3.63, 3.8) is 0 Å². The van der Waals surface area contributed by atoms with Crippen LogP contribution in [0.15, 0.2) is 12.3 Å². The van der Waals surface area contributed by atoms with E-state index in [4.69, 9.17) is 11.6 Å². The summed E-state index contributed by atoms with van der Waals surface area (Å²) in [4.78, 5) is 6.58. The van der Waals surface area contributed by atoms with Crippen molar-refractivity contribution in [3.05, 3.63) is 22.8 Å². The summed E-state index contributed by atoms with van der Waals surface area (Å²) in [6, 6.07) is 2.75. The van der Waals surface area contributed by atoms with Gasteiger partial charge in [0.15, 0.2) is 0 Å². The lowest BCUT2D eigenvalue weighted by Crippen LogP contribution is -2.21. The fourth-order valence-electron chi connectivity index (χ4n) is 1.64. The number of nitrogens with zero attached hydrogens (tertiary/aromatic N) is 2. The first-order valence-corrected chi connectivity index (χ1v) is 5.62. The maximum Gasteiger partial charge on any atom is 0.128 e. The molecule has 15 heavy (non-hydrogen) atoms. The van der Waals surface area contributed by atoms with Gasteiger partial charge in [-0.2, -0.15) is 0 Å². The summed E-state index contributed by atoms with van der Waals surface area (Å²) in [5.74, 6) is 1.02. The van der Waals surface area contributed by atoms with E-state index in [2.05, 4.69) is 28.3 Å². The number of hydrogen-bond donors (Lipinski definition) is 1. The van der Waals surface area contributed by atoms with Crippen molar-refractivity contribution < 1.29 is 0 Å². The largest absolute Gasteiger partial charge is 0.357 e. The molecule has 1 aromatic rings. The Kier molecular flexibility index (Phi) is 3.12. The van der Waals surface area contributed by atoms with Gasteiger partial charge < -0.3 is 10.2 Å². The summed E-state index contributed by atoms with van der Waals surface area (Å²) in [6.45, 7) is 0.785. The molecule has 1 aliphatic rings. The van der Waals surface area contributed by atoms with Gasteiger partial charge in [0.25, 0.3) is 0 Å². The standard InChI is InChI=1S/C11H16ClN3/c1-13-6-8-5-11(14-7-10(8)12)15(2)9-3-4-9/h5,7,9,13H,3-4,6H2,1-2H3. The maximum atomic E-state index is 6.05. The number of anilines is 1. The third-order valence-electron chi connectivity index (χ3n) is 2.74. The molecule has 0 radical (unpaired) electrons. The Morgan fingerprint density at radius 1 is 1.60 bits per heavy atom. The van der Waals surface area contributed by atoms with Crippen LogP contribution in [-0.4, -0.2) is 25.1 Å². The van der Waals surface area contributed by atoms with Gasteiger partial charge in [0.1, 0.15) is 5.82 Å². The minimum atomic E-state index is 0.682. The van der Waals surface area contributed by atoms with Crippen molar-refractivity contribution in [2.45, 2.75) is 25.4 Å². The lowest BCUT2D eigenvalue weighted by Gasteiger charge is -2.18. The molecule has 1 saturated carbocycles. The first-order valence-electron chi connectivity index (χ1n) is 5.24. The zero-order valence-electron chi connectivity index (χ0n) is 9.13. The van der Waals surface area contributed by atoms with E-state index in [9.17, 15) is 0 Å². The Bertz CT molecular complexity index is 350. The smallest absolute Gasteiger partial charge is 0.128 e. The van der Waals surface area contributed by atoms with Crippen LogP contribution < -0.4 is 10.2 Å². The van der Waals surface area contributed by atoms with E-state index in [1.165, 1.54) is 12.8 Å². The molecule has 0 aliphatic heterocycles. The van der Waals surface area contributed by atoms with E-state index in [1.54, 1.807) is 6.20 Å². The minimum Gasteiger partial charge on any atom is -0.357 e. The predicted molar refractivity (Wildman–Crippen MR) is 63.4 cm³/mol. The zero-order chi connectivity index (χ0) is 10.8. The van der Waals surface area contributed by atoms with Gasteiger partial charge in [-0.05, 0) is 31.5 Å². The van der Waals surface area contributed by atoms with E-state index in [0.29, 0.717) is 6.04 Å². The molecular weight excluding hydrogens is 210 g/mol. The molecule has 0 aromatic carbocycles. The van der Waals surface area contributed by atoms with Gasteiger partial charge in [0.2, 0.25) is 0 Å². The van der Waals surface area contributed by atoms with Gasteiger partial charge >= 0.3 is 0 Å². The number of hydrogen-bond acceptors (Lipinski definition) is 3. The van der Waals surface area contributed by atoms with Gasteiger partial charge in [-0.15, -0.1) is 0 Å². The van der Waals surface area contributed by atoms with Crippen LogP contribution in [0.4, 0.5) is 5.82 Å². The quantitative estimate of drug-likeness (QED) is 0.850. The Balaban J connectivity index is 2.20. The highest BCUT2D eigenvalue weighted by atomic mass is 35.5. The molecule has 0 atom stereocenters. The average Bonchev–Trinajstić information content (AvgIpc) is 3.04. The van der Waals surface area contributed by atoms with Gasteiger partial charge in [0.05, 0.1) is 5.02 Å². The summed E-state index contributed by atoms with van der Waals surface area (Å²) < 4.78 is 0. The van der Waals surface area contributed by atoms with E-state index in [-0.39, 0.29) is 0 Å². The molecule has 1 N–H and O–H groups in total. The predicted octanol–water partition coefficient (Wildman–Crippen LogP) is 2.05. The van der Waals surface area contributed by atoms with Crippen LogP contribution in [0.1, 0.15) is 18.4 Å². The highest BCUT2D eigenvalue weighted by Crippen LogP contribution is 2.30. The summed E-state index contributed by atoms with van der Waals surface area (Å²) >= 11 is 6.05. The molecule has 0 bridgehead atoms. The van der Waals surface area contributed by atoms with E-state index in [0.717, 1.165) is 22.9 Å². The van der Waals surface area contributed by atoms with Crippen LogP contribution in [0.5, 0.6) is 0 Å². The molecule has 0 saturated heterocycles. The van der Waals surface area contributed by atoms with Crippen molar-refractivity contribution in [1.82, 2.24) is 10.3 Å². The molecule has 1 aromatic heterocycles. The second-order valence-electron chi connectivity index (χ2n) is 4.01. The van der Waals surface area contributed by atoms with E-state index >= 15 is 0 Å². The zero-order valence-corrected chi connectivity index (χ0v) is 9.88. The molecule has 4 heteroatoms. The lowest BCUT2D eigenvalue weighted by molar-refractivity contribution is 0.811. The Hall–Kier alpha value is -0.800. The number of nitrogens with one attached hydrogen (secondary N) is 1. The molecular formula is C11H16ClN3. The van der Waals surface area contributed by atoms with Crippen molar-refractivity contribution in [2.75, 3.05) is 19.0 Å². The highest BCUT2D eigenvalue weighted by molar-refractivity contribution is 6.31. The molecule has 2 rings (SSSR count). The Morgan fingerprint density at radius 2 is 2.33 bits per heavy atom. The van der Waals surface area contributed by atoms with Crippen LogP contribution in [-0.2, 0) is 6.54 Å². The molecule has 1 aliphatic carbocycles. The Morgan fingerprint density at radius 3 is 2.93 bits per heavy atom. The van der Waals surface area contributed by atoms with Crippen molar-refractivity contribution in [3.8, 4) is 0 Å². The van der Waals surface area contributed by atoms with Gasteiger partial charge in [0, 0.05) is 25.8 Å². The van der Waals surface area contributed by atoms with E-state index < -0.39 is 0 Å². The molecule has 3 nitrogen and oxygen atoms in total. The van der Waals surface area contributed by atoms with Crippen LogP contribution in [0, 0.1) is 0 Å². The van der Waals surface area contributed by atoms with Crippen molar-refractivity contribution >= 4 is 17.4 Å². The number of rotatable bonds is 4. The highest BCUT2D eigenvalue weighted by Gasteiger charge is 2.27. The lowest BCUT2D eigenvalue weighted by atomic mass is 10.2. The maximum absolute atomic E-state index is 6.05. The minimum absolute atomic E-state index is 0.682. The molecule has 1 heterocycles. The second-order valence-corrected chi connectivity index (χ2v) is 4.41. The molecule has 82 valence electrons. The van der Waals surface area contributed by atoms with Gasteiger partial charge in [-0.25, -0.2) is 4.98 Å². The summed E-state index contributed by atoms with van der Waals surface area (Å²) in [7, 11) is 4.01. The first kappa shape index (κ1) is 10.7. The van der Waals surface area contributed by atoms with E-state index in [1.807, 2.05) is 7.05 Å². The van der Waals surface area contributed by atoms with Crippen molar-refractivity contribution in [2.24, 2.45) is 0 Å². The third-order valence-corrected chi connectivity index (χ3v) is 3.08. The topological polar surface area (TPSA) is 28.2 Å². The van der Waals surface area contributed by atoms with Crippen LogP contribution >= 0.6 is 11.6 Å². The SMILES string of the molecule is CNCc1cc(N(C)C2CC2)ncc1Cl. The molecule has 0 unspecified atom stereocenters. The average molecular weight is 226 g/mol. The van der Waals surface area contributed by atoms with Gasteiger partial charge in [-0.1, -0.05) is 11.6 Å². The first-order chi connectivity index (χ1) is 7.22. The van der Waals surface area contributed by atoms with Crippen LogP contribution in [0.2, 0.25) is 5.02 Å². The number of halogens is 1. The fourth-order valence-corrected chi connectivity index (χ4v) is 1.81. The van der Waals surface area contributed by atoms with Crippen molar-refractivity contribution in [1.29, 1.82) is 0 Å². The number of aromatic nitrogens is 1. The number of pyridine rings is 1. The molecule has 1 fully saturated rings. The summed E-state index contributed by atoms with van der Waals surface area (Å²) in [6.07, 6.45) is 4.30. The fraction of sp³-hybridized carbons (Fsp3) is 0.545. The monoisotopic (exact) mass is 225 g/mol. The van der Waals surface area contributed by atoms with Crippen LogP contribution in [0.3, 0.4) is 0 Å². The molecule has 0 amide bonds. The summed E-state index contributed by atoms with van der Waals surface area (Å²) in [5.41, 5.74) is 1.11. The second kappa shape index (κ2) is 4.37. The third kappa shape index (κ3) is 2.41. The summed E-state index contributed by atoms with van der Waals surface area (Å²) in [5, 5.41) is 3.84. The normalized spacial score (nSPS) is 15.4. The van der Waals surface area contributed by atoms with Gasteiger partial charge in [-0.3, -0.25) is 0 Å². The van der Waals surface area contributed by atoms with Crippen LogP contribution in [0.25, 0.3) is 0 Å². The molecule has 0 spiro atoms.